The summed E-state index contributed by atoms with van der Waals surface area (Å²) in [4.78, 5) is 12.7. The Bertz CT molecular complexity index is 1150. The molecule has 5 heteroatoms. The molecule has 0 spiro atoms. The number of rotatable bonds is 4. The molecule has 30 heavy (non-hydrogen) atoms. The number of benzene rings is 2. The molecule has 0 radical (unpaired) electrons. The first-order valence-electron chi connectivity index (χ1n) is 10.4. The van der Waals surface area contributed by atoms with Crippen molar-refractivity contribution in [1.82, 2.24) is 0 Å². The third kappa shape index (κ3) is 3.41. The van der Waals surface area contributed by atoms with Crippen molar-refractivity contribution in [2.45, 2.75) is 38.6 Å². The second kappa shape index (κ2) is 7.69. The van der Waals surface area contributed by atoms with Crippen LogP contribution in [-0.4, -0.2) is 5.91 Å². The van der Waals surface area contributed by atoms with E-state index in [2.05, 4.69) is 29.7 Å². The van der Waals surface area contributed by atoms with Crippen molar-refractivity contribution in [3.8, 4) is 0 Å². The fourth-order valence-corrected chi connectivity index (χ4v) is 4.66. The van der Waals surface area contributed by atoms with Gasteiger partial charge in [-0.15, -0.1) is 0 Å². The van der Waals surface area contributed by atoms with E-state index in [0.717, 1.165) is 59.7 Å². The summed E-state index contributed by atoms with van der Waals surface area (Å²) in [5.74, 6) is 1.68. The molecule has 1 aliphatic carbocycles. The number of nitrogens with one attached hydrogen (secondary N) is 2. The molecule has 0 saturated carbocycles. The number of hydrogen-bond donors (Lipinski definition) is 2. The summed E-state index contributed by atoms with van der Waals surface area (Å²) in [7, 11) is 0. The van der Waals surface area contributed by atoms with Crippen LogP contribution in [0.1, 0.15) is 54.0 Å². The van der Waals surface area contributed by atoms with Crippen molar-refractivity contribution in [1.29, 1.82) is 0 Å². The SMILES string of the molecule is CC(Nc1ccccc1)c1c(C=C2C(=O)Nc3ccc(Cl)cc32)oc2c1CCCC2. The lowest BCUT2D eigenvalue weighted by Gasteiger charge is -2.18. The molecule has 1 aromatic heterocycles. The average molecular weight is 419 g/mol. The Labute approximate surface area is 180 Å². The van der Waals surface area contributed by atoms with Crippen LogP contribution in [0.3, 0.4) is 0 Å². The average Bonchev–Trinajstić information content (AvgIpc) is 3.26. The van der Waals surface area contributed by atoms with E-state index in [-0.39, 0.29) is 11.9 Å². The van der Waals surface area contributed by atoms with Crippen LogP contribution in [0.2, 0.25) is 5.02 Å². The van der Waals surface area contributed by atoms with E-state index in [1.54, 1.807) is 6.07 Å². The Kier molecular flexibility index (Phi) is 4.87. The predicted octanol–water partition coefficient (Wildman–Crippen LogP) is 6.48. The molecule has 2 aliphatic rings. The van der Waals surface area contributed by atoms with E-state index < -0.39 is 0 Å². The standard InChI is InChI=1S/C25H23ClN2O2/c1-15(27-17-7-3-2-4-8-17)24-18-9-5-6-10-22(18)30-23(24)14-20-19-13-16(26)11-12-21(19)28-25(20)29/h2-4,7-8,11-15,27H,5-6,9-10H2,1H3,(H,28,29). The molecule has 1 aliphatic heterocycles. The molecular formula is C25H23ClN2O2. The van der Waals surface area contributed by atoms with Gasteiger partial charge in [-0.2, -0.15) is 0 Å². The lowest BCUT2D eigenvalue weighted by molar-refractivity contribution is -0.110. The van der Waals surface area contributed by atoms with E-state index in [1.807, 2.05) is 36.4 Å². The van der Waals surface area contributed by atoms with Crippen LogP contribution in [0.15, 0.2) is 52.9 Å². The second-order valence-corrected chi connectivity index (χ2v) is 8.36. The number of anilines is 2. The van der Waals surface area contributed by atoms with Crippen LogP contribution in [-0.2, 0) is 17.6 Å². The molecular weight excluding hydrogens is 396 g/mol. The molecule has 0 fully saturated rings. The smallest absolute Gasteiger partial charge is 0.256 e. The Hall–Kier alpha value is -2.98. The van der Waals surface area contributed by atoms with Gasteiger partial charge in [0.25, 0.3) is 5.91 Å². The summed E-state index contributed by atoms with van der Waals surface area (Å²) in [5, 5.41) is 7.12. The van der Waals surface area contributed by atoms with Gasteiger partial charge in [0, 0.05) is 33.9 Å². The highest BCUT2D eigenvalue weighted by Crippen LogP contribution is 2.40. The first kappa shape index (κ1) is 19.0. The minimum atomic E-state index is -0.128. The Balaban J connectivity index is 1.59. The van der Waals surface area contributed by atoms with E-state index >= 15 is 0 Å². The lowest BCUT2D eigenvalue weighted by Crippen LogP contribution is -2.11. The quantitative estimate of drug-likeness (QED) is 0.477. The van der Waals surface area contributed by atoms with E-state index in [0.29, 0.717) is 10.6 Å². The number of carbonyl (C=O) groups excluding carboxylic acids is 1. The minimum Gasteiger partial charge on any atom is -0.461 e. The molecule has 2 N–H and O–H groups in total. The van der Waals surface area contributed by atoms with Crippen molar-refractivity contribution in [3.05, 3.63) is 81.8 Å². The van der Waals surface area contributed by atoms with Crippen molar-refractivity contribution < 1.29 is 9.21 Å². The lowest BCUT2D eigenvalue weighted by atomic mass is 9.91. The van der Waals surface area contributed by atoms with E-state index in [4.69, 9.17) is 16.0 Å². The molecule has 0 saturated heterocycles. The van der Waals surface area contributed by atoms with Crippen LogP contribution >= 0.6 is 11.6 Å². The monoisotopic (exact) mass is 418 g/mol. The maximum absolute atomic E-state index is 12.7. The topological polar surface area (TPSA) is 54.3 Å². The zero-order valence-corrected chi connectivity index (χ0v) is 17.6. The van der Waals surface area contributed by atoms with Crippen LogP contribution in [0.25, 0.3) is 11.6 Å². The van der Waals surface area contributed by atoms with Crippen molar-refractivity contribution in [3.63, 3.8) is 0 Å². The summed E-state index contributed by atoms with van der Waals surface area (Å²) in [6.45, 7) is 2.15. The number of amides is 1. The highest BCUT2D eigenvalue weighted by Gasteiger charge is 2.29. The third-order valence-electron chi connectivity index (χ3n) is 5.87. The maximum atomic E-state index is 12.7. The predicted molar refractivity (Wildman–Crippen MR) is 122 cm³/mol. The largest absolute Gasteiger partial charge is 0.461 e. The van der Waals surface area contributed by atoms with Crippen LogP contribution in [0, 0.1) is 0 Å². The molecule has 1 atom stereocenters. The van der Waals surface area contributed by atoms with Crippen molar-refractivity contribution >= 4 is 40.5 Å². The Morgan fingerprint density at radius 3 is 2.77 bits per heavy atom. The van der Waals surface area contributed by atoms with Gasteiger partial charge < -0.3 is 15.1 Å². The van der Waals surface area contributed by atoms with E-state index in [9.17, 15) is 4.79 Å². The van der Waals surface area contributed by atoms with Crippen molar-refractivity contribution in [2.24, 2.45) is 0 Å². The van der Waals surface area contributed by atoms with Gasteiger partial charge in [0.15, 0.2) is 0 Å². The summed E-state index contributed by atoms with van der Waals surface area (Å²) in [6.07, 6.45) is 6.13. The maximum Gasteiger partial charge on any atom is 0.256 e. The molecule has 1 unspecified atom stereocenters. The summed E-state index contributed by atoms with van der Waals surface area (Å²) < 4.78 is 6.32. The Morgan fingerprint density at radius 2 is 1.93 bits per heavy atom. The number of carbonyl (C=O) groups is 1. The molecule has 0 bridgehead atoms. The number of para-hydroxylation sites is 1. The minimum absolute atomic E-state index is 0.0492. The third-order valence-corrected chi connectivity index (χ3v) is 6.11. The first-order valence-corrected chi connectivity index (χ1v) is 10.8. The highest BCUT2D eigenvalue weighted by molar-refractivity contribution is 6.36. The highest BCUT2D eigenvalue weighted by atomic mass is 35.5. The number of fused-ring (bicyclic) bond motifs is 2. The fourth-order valence-electron chi connectivity index (χ4n) is 4.48. The molecule has 3 aromatic rings. The summed E-state index contributed by atoms with van der Waals surface area (Å²) in [6, 6.07) is 15.7. The van der Waals surface area contributed by atoms with Gasteiger partial charge in [-0.05, 0) is 68.2 Å². The van der Waals surface area contributed by atoms with Gasteiger partial charge in [-0.3, -0.25) is 4.79 Å². The summed E-state index contributed by atoms with van der Waals surface area (Å²) in [5.41, 5.74) is 5.68. The van der Waals surface area contributed by atoms with Crippen LogP contribution in [0.5, 0.6) is 0 Å². The number of aryl methyl sites for hydroxylation is 1. The molecule has 4 nitrogen and oxygen atoms in total. The number of halogens is 1. The van der Waals surface area contributed by atoms with Crippen LogP contribution < -0.4 is 10.6 Å². The van der Waals surface area contributed by atoms with Gasteiger partial charge in [-0.1, -0.05) is 29.8 Å². The molecule has 5 rings (SSSR count). The van der Waals surface area contributed by atoms with Gasteiger partial charge in [0.2, 0.25) is 0 Å². The van der Waals surface area contributed by atoms with Gasteiger partial charge in [-0.25, -0.2) is 0 Å². The van der Waals surface area contributed by atoms with Gasteiger partial charge in [0.05, 0.1) is 11.6 Å². The van der Waals surface area contributed by atoms with Gasteiger partial charge >= 0.3 is 0 Å². The normalized spacial score (nSPS) is 17.4. The van der Waals surface area contributed by atoms with E-state index in [1.165, 1.54) is 5.56 Å². The Morgan fingerprint density at radius 1 is 1.13 bits per heavy atom. The molecule has 2 aromatic carbocycles. The zero-order valence-electron chi connectivity index (χ0n) is 16.8. The first-order chi connectivity index (χ1) is 14.6. The zero-order chi connectivity index (χ0) is 20.7. The number of furan rings is 1. The molecule has 152 valence electrons. The van der Waals surface area contributed by atoms with Crippen molar-refractivity contribution in [2.75, 3.05) is 10.6 Å². The van der Waals surface area contributed by atoms with Gasteiger partial charge in [0.1, 0.15) is 11.5 Å². The second-order valence-electron chi connectivity index (χ2n) is 7.92. The fraction of sp³-hybridized carbons (Fsp3) is 0.240. The van der Waals surface area contributed by atoms with Crippen LogP contribution in [0.4, 0.5) is 11.4 Å². The molecule has 1 amide bonds. The summed E-state index contributed by atoms with van der Waals surface area (Å²) >= 11 is 6.19. The number of hydrogen-bond acceptors (Lipinski definition) is 3. The molecule has 2 heterocycles.